The third kappa shape index (κ3) is 1.54. The van der Waals surface area contributed by atoms with Crippen molar-refractivity contribution >= 4 is 5.69 Å². The average molecular weight is 211 g/mol. The molecule has 0 saturated carbocycles. The van der Waals surface area contributed by atoms with E-state index in [9.17, 15) is 8.78 Å². The molecule has 1 aromatic carbocycles. The number of hydrogen-bond acceptors (Lipinski definition) is 4. The minimum atomic E-state index is -0.890. The molecule has 2 aromatic rings. The van der Waals surface area contributed by atoms with Gasteiger partial charge in [-0.3, -0.25) is 0 Å². The molecule has 0 amide bonds. The molecule has 6 heteroatoms. The lowest BCUT2D eigenvalue weighted by Gasteiger charge is -2.02. The molecule has 0 radical (unpaired) electrons. The zero-order chi connectivity index (χ0) is 11.0. The predicted molar refractivity (Wildman–Crippen MR) is 48.8 cm³/mol. The van der Waals surface area contributed by atoms with Gasteiger partial charge in [-0.25, -0.2) is 8.78 Å². The molecule has 0 saturated heterocycles. The first-order chi connectivity index (χ1) is 7.09. The summed E-state index contributed by atoms with van der Waals surface area (Å²) >= 11 is 0. The van der Waals surface area contributed by atoms with E-state index < -0.39 is 17.2 Å². The van der Waals surface area contributed by atoms with Gasteiger partial charge in [-0.1, -0.05) is 0 Å². The number of nitrogens with two attached hydrogens (primary N) is 1. The number of nitrogens with zero attached hydrogens (tertiary/aromatic N) is 2. The maximum absolute atomic E-state index is 13.5. The van der Waals surface area contributed by atoms with Crippen molar-refractivity contribution in [3.05, 3.63) is 29.7 Å². The topological polar surface area (TPSA) is 64.9 Å². The highest BCUT2D eigenvalue weighted by Gasteiger charge is 2.18. The van der Waals surface area contributed by atoms with Crippen molar-refractivity contribution in [3.63, 3.8) is 0 Å². The predicted octanol–water partition coefficient (Wildman–Crippen LogP) is 1.91. The number of aromatic nitrogens is 2. The molecule has 2 rings (SSSR count). The number of nitrogen functional groups attached to an aromatic ring is 1. The van der Waals surface area contributed by atoms with Gasteiger partial charge in [0.15, 0.2) is 5.82 Å². The van der Waals surface area contributed by atoms with Crippen molar-refractivity contribution in [2.24, 2.45) is 0 Å². The van der Waals surface area contributed by atoms with Crippen LogP contribution in [0.2, 0.25) is 0 Å². The van der Waals surface area contributed by atoms with E-state index in [0.29, 0.717) is 0 Å². The summed E-state index contributed by atoms with van der Waals surface area (Å²) in [6, 6.07) is 2.19. The normalized spacial score (nSPS) is 10.6. The number of rotatable bonds is 1. The maximum atomic E-state index is 13.5. The molecule has 15 heavy (non-hydrogen) atoms. The quantitative estimate of drug-likeness (QED) is 0.731. The van der Waals surface area contributed by atoms with Crippen molar-refractivity contribution in [1.29, 1.82) is 0 Å². The Morgan fingerprint density at radius 3 is 2.60 bits per heavy atom. The van der Waals surface area contributed by atoms with Gasteiger partial charge in [0.2, 0.25) is 5.89 Å². The monoisotopic (exact) mass is 211 g/mol. The first-order valence-electron chi connectivity index (χ1n) is 4.13. The average Bonchev–Trinajstić information content (AvgIpc) is 2.59. The van der Waals surface area contributed by atoms with Crippen LogP contribution >= 0.6 is 0 Å². The van der Waals surface area contributed by atoms with Crippen molar-refractivity contribution in [2.45, 2.75) is 6.92 Å². The van der Waals surface area contributed by atoms with Gasteiger partial charge in [0.25, 0.3) is 5.89 Å². The summed E-state index contributed by atoms with van der Waals surface area (Å²) in [4.78, 5) is 0. The Bertz CT molecular complexity index is 510. The summed E-state index contributed by atoms with van der Waals surface area (Å²) in [5, 5.41) is 7.01. The van der Waals surface area contributed by atoms with Gasteiger partial charge in [0.05, 0.1) is 5.69 Å². The lowest BCUT2D eigenvalue weighted by molar-refractivity contribution is 0.516. The van der Waals surface area contributed by atoms with Crippen molar-refractivity contribution < 1.29 is 13.2 Å². The molecule has 0 aliphatic rings. The second-order valence-electron chi connectivity index (χ2n) is 2.95. The molecule has 1 heterocycles. The molecular formula is C9H7F2N3O. The van der Waals surface area contributed by atoms with Crippen molar-refractivity contribution in [2.75, 3.05) is 5.73 Å². The molecule has 78 valence electrons. The zero-order valence-corrected chi connectivity index (χ0v) is 7.79. The lowest BCUT2D eigenvalue weighted by Crippen LogP contribution is -1.96. The molecule has 1 aromatic heterocycles. The molecule has 0 fully saturated rings. The van der Waals surface area contributed by atoms with Crippen LogP contribution in [0.25, 0.3) is 11.5 Å². The third-order valence-corrected chi connectivity index (χ3v) is 1.86. The number of aryl methyl sites for hydroxylation is 1. The summed E-state index contributed by atoms with van der Waals surface area (Å²) < 4.78 is 31.7. The molecule has 0 aliphatic carbocycles. The molecule has 0 unspecified atom stereocenters. The van der Waals surface area contributed by atoms with Crippen molar-refractivity contribution in [1.82, 2.24) is 10.2 Å². The van der Waals surface area contributed by atoms with Crippen LogP contribution in [0.15, 0.2) is 16.5 Å². The Hall–Kier alpha value is -1.98. The minimum Gasteiger partial charge on any atom is -0.421 e. The van der Waals surface area contributed by atoms with Crippen LogP contribution < -0.4 is 5.73 Å². The highest BCUT2D eigenvalue weighted by Crippen LogP contribution is 2.27. The van der Waals surface area contributed by atoms with Crippen LogP contribution in [0.4, 0.5) is 14.5 Å². The number of benzene rings is 1. The van der Waals surface area contributed by atoms with Gasteiger partial charge in [-0.05, 0) is 12.1 Å². The Balaban J connectivity index is 2.66. The molecule has 2 N–H and O–H groups in total. The van der Waals surface area contributed by atoms with E-state index in [1.54, 1.807) is 0 Å². The fourth-order valence-electron chi connectivity index (χ4n) is 1.16. The van der Waals surface area contributed by atoms with E-state index >= 15 is 0 Å². The van der Waals surface area contributed by atoms with Crippen LogP contribution in [0.5, 0.6) is 0 Å². The summed E-state index contributed by atoms with van der Waals surface area (Å²) in [7, 11) is 0. The Morgan fingerprint density at radius 1 is 1.27 bits per heavy atom. The molecule has 0 atom stereocenters. The van der Waals surface area contributed by atoms with Gasteiger partial charge in [0.1, 0.15) is 11.4 Å². The summed E-state index contributed by atoms with van der Waals surface area (Å²) in [5.41, 5.74) is 4.74. The molecule has 4 nitrogen and oxygen atoms in total. The second-order valence-corrected chi connectivity index (χ2v) is 2.95. The van der Waals surface area contributed by atoms with E-state index in [4.69, 9.17) is 10.2 Å². The molecule has 0 aliphatic heterocycles. The lowest BCUT2D eigenvalue weighted by atomic mass is 10.1. The Morgan fingerprint density at radius 2 is 2.00 bits per heavy atom. The van der Waals surface area contributed by atoms with Gasteiger partial charge in [-0.15, -0.1) is 10.2 Å². The first-order valence-corrected chi connectivity index (χ1v) is 4.13. The van der Waals surface area contributed by atoms with Gasteiger partial charge < -0.3 is 10.2 Å². The number of halogens is 2. The fraction of sp³-hybridized carbons (Fsp3) is 0.111. The third-order valence-electron chi connectivity index (χ3n) is 1.86. The largest absolute Gasteiger partial charge is 0.421 e. The highest BCUT2D eigenvalue weighted by molar-refractivity contribution is 5.61. The second kappa shape index (κ2) is 3.30. The van der Waals surface area contributed by atoms with E-state index in [1.165, 1.54) is 6.92 Å². The molecular weight excluding hydrogens is 204 g/mol. The van der Waals surface area contributed by atoms with E-state index in [2.05, 4.69) is 10.2 Å². The first kappa shape index (κ1) is 9.57. The van der Waals surface area contributed by atoms with E-state index in [-0.39, 0.29) is 17.5 Å². The summed E-state index contributed by atoms with van der Waals surface area (Å²) in [6.45, 7) is 1.53. The minimum absolute atomic E-state index is 0.165. The molecule has 0 bridgehead atoms. The van der Waals surface area contributed by atoms with E-state index in [0.717, 1.165) is 12.1 Å². The SMILES string of the molecule is Cc1nnc(-c2c(F)ccc(N)c2F)o1. The van der Waals surface area contributed by atoms with Gasteiger partial charge in [0, 0.05) is 6.92 Å². The smallest absolute Gasteiger partial charge is 0.253 e. The van der Waals surface area contributed by atoms with Crippen LogP contribution in [-0.2, 0) is 0 Å². The highest BCUT2D eigenvalue weighted by atomic mass is 19.1. The van der Waals surface area contributed by atoms with Crippen molar-refractivity contribution in [3.8, 4) is 11.5 Å². The zero-order valence-electron chi connectivity index (χ0n) is 7.79. The van der Waals surface area contributed by atoms with E-state index in [1.807, 2.05) is 0 Å². The number of hydrogen-bond donors (Lipinski definition) is 1. The number of anilines is 1. The summed E-state index contributed by atoms with van der Waals surface area (Å²) in [6.07, 6.45) is 0. The van der Waals surface area contributed by atoms with Crippen LogP contribution in [0.3, 0.4) is 0 Å². The van der Waals surface area contributed by atoms with Gasteiger partial charge >= 0.3 is 0 Å². The van der Waals surface area contributed by atoms with Gasteiger partial charge in [-0.2, -0.15) is 0 Å². The van der Waals surface area contributed by atoms with Crippen LogP contribution in [-0.4, -0.2) is 10.2 Å². The Kier molecular flexibility index (Phi) is 2.11. The standard InChI is InChI=1S/C9H7F2N3O/c1-4-13-14-9(15-4)7-5(10)2-3-6(12)8(7)11/h2-3H,12H2,1H3. The van der Waals surface area contributed by atoms with Crippen LogP contribution in [0.1, 0.15) is 5.89 Å². The van der Waals surface area contributed by atoms with Crippen LogP contribution in [0, 0.1) is 18.6 Å². The maximum Gasteiger partial charge on any atom is 0.253 e. The summed E-state index contributed by atoms with van der Waals surface area (Å²) in [5.74, 6) is -1.66. The molecule has 0 spiro atoms. The Labute approximate surface area is 83.7 Å². The fourth-order valence-corrected chi connectivity index (χ4v) is 1.16.